The molecule has 0 radical (unpaired) electrons. The molecule has 1 atom stereocenters. The lowest BCUT2D eigenvalue weighted by atomic mass is 9.76. The van der Waals surface area contributed by atoms with Gasteiger partial charge in [0.1, 0.15) is 0 Å². The first-order valence-corrected chi connectivity index (χ1v) is 4.53. The van der Waals surface area contributed by atoms with Gasteiger partial charge in [0.2, 0.25) is 0 Å². The van der Waals surface area contributed by atoms with Gasteiger partial charge in [-0.05, 0) is 31.8 Å². The second-order valence-corrected chi connectivity index (χ2v) is 3.43. The van der Waals surface area contributed by atoms with Gasteiger partial charge in [-0.3, -0.25) is 4.79 Å². The topological polar surface area (TPSA) is 17.1 Å². The zero-order valence-electron chi connectivity index (χ0n) is 7.89. The summed E-state index contributed by atoms with van der Waals surface area (Å²) in [5, 5.41) is 0. The molecule has 0 aromatic rings. The molecule has 0 fully saturated rings. The second-order valence-electron chi connectivity index (χ2n) is 3.43. The molecule has 1 heteroatoms. The van der Waals surface area contributed by atoms with Crippen molar-refractivity contribution in [2.45, 2.75) is 33.1 Å². The maximum atomic E-state index is 11.3. The third-order valence-corrected chi connectivity index (χ3v) is 2.65. The fourth-order valence-electron chi connectivity index (χ4n) is 1.58. The molecule has 12 heavy (non-hydrogen) atoms. The van der Waals surface area contributed by atoms with Gasteiger partial charge in [-0.1, -0.05) is 18.6 Å². The average molecular weight is 164 g/mol. The highest BCUT2D eigenvalue weighted by atomic mass is 16.1. The van der Waals surface area contributed by atoms with Crippen LogP contribution in [0.1, 0.15) is 33.1 Å². The molecule has 0 spiro atoms. The molecule has 1 rings (SSSR count). The fraction of sp³-hybridized carbons (Fsp3) is 0.545. The van der Waals surface area contributed by atoms with Gasteiger partial charge in [-0.25, -0.2) is 0 Å². The summed E-state index contributed by atoms with van der Waals surface area (Å²) in [7, 11) is 0. The van der Waals surface area contributed by atoms with Crippen molar-refractivity contribution >= 4 is 5.78 Å². The quantitative estimate of drug-likeness (QED) is 0.461. The SMILES string of the molecule is C=CCCCC1=C(C)C(C)C1=O. The molecular formula is C11H16O. The number of rotatable bonds is 4. The van der Waals surface area contributed by atoms with E-state index in [1.165, 1.54) is 5.57 Å². The van der Waals surface area contributed by atoms with Crippen LogP contribution in [0, 0.1) is 5.92 Å². The van der Waals surface area contributed by atoms with Crippen molar-refractivity contribution in [3.05, 3.63) is 23.8 Å². The van der Waals surface area contributed by atoms with Crippen LogP contribution in [0.5, 0.6) is 0 Å². The summed E-state index contributed by atoms with van der Waals surface area (Å²) in [4.78, 5) is 11.3. The molecule has 0 N–H and O–H groups in total. The molecule has 0 bridgehead atoms. The van der Waals surface area contributed by atoms with E-state index in [1.54, 1.807) is 0 Å². The molecule has 66 valence electrons. The third-order valence-electron chi connectivity index (χ3n) is 2.65. The van der Waals surface area contributed by atoms with Crippen LogP contribution in [-0.2, 0) is 4.79 Å². The zero-order chi connectivity index (χ0) is 9.14. The monoisotopic (exact) mass is 164 g/mol. The summed E-state index contributed by atoms with van der Waals surface area (Å²) in [6.07, 6.45) is 4.93. The van der Waals surface area contributed by atoms with E-state index in [0.29, 0.717) is 5.78 Å². The molecule has 0 aromatic heterocycles. The van der Waals surface area contributed by atoms with Crippen LogP contribution in [0.15, 0.2) is 23.8 Å². The summed E-state index contributed by atoms with van der Waals surface area (Å²) in [6, 6.07) is 0. The van der Waals surface area contributed by atoms with E-state index < -0.39 is 0 Å². The smallest absolute Gasteiger partial charge is 0.165 e. The maximum Gasteiger partial charge on any atom is 0.165 e. The van der Waals surface area contributed by atoms with Crippen LogP contribution < -0.4 is 0 Å². The number of ketones is 1. The van der Waals surface area contributed by atoms with E-state index in [0.717, 1.165) is 24.8 Å². The van der Waals surface area contributed by atoms with Crippen molar-refractivity contribution in [2.75, 3.05) is 0 Å². The Kier molecular flexibility index (Phi) is 2.85. The lowest BCUT2D eigenvalue weighted by Crippen LogP contribution is -2.27. The Morgan fingerprint density at radius 3 is 2.75 bits per heavy atom. The van der Waals surface area contributed by atoms with Crippen LogP contribution in [0.25, 0.3) is 0 Å². The molecule has 1 nitrogen and oxygen atoms in total. The molecule has 0 aliphatic heterocycles. The Labute approximate surface area is 74.2 Å². The van der Waals surface area contributed by atoms with Gasteiger partial charge in [-0.15, -0.1) is 6.58 Å². The van der Waals surface area contributed by atoms with Gasteiger partial charge in [0.15, 0.2) is 5.78 Å². The summed E-state index contributed by atoms with van der Waals surface area (Å²) < 4.78 is 0. The molecule has 0 aromatic carbocycles. The first-order chi connectivity index (χ1) is 5.68. The molecule has 0 saturated carbocycles. The Hall–Kier alpha value is -0.850. The average Bonchev–Trinajstić information content (AvgIpc) is 2.11. The van der Waals surface area contributed by atoms with Crippen molar-refractivity contribution in [3.8, 4) is 0 Å². The molecule has 0 amide bonds. The third kappa shape index (κ3) is 1.50. The Balaban J connectivity index is 2.43. The summed E-state index contributed by atoms with van der Waals surface area (Å²) >= 11 is 0. The largest absolute Gasteiger partial charge is 0.294 e. The van der Waals surface area contributed by atoms with Crippen molar-refractivity contribution < 1.29 is 4.79 Å². The van der Waals surface area contributed by atoms with E-state index in [9.17, 15) is 4.79 Å². The minimum atomic E-state index is 0.198. The highest BCUT2D eigenvalue weighted by Gasteiger charge is 2.31. The first kappa shape index (κ1) is 9.24. The van der Waals surface area contributed by atoms with E-state index in [1.807, 2.05) is 13.0 Å². The number of allylic oxidation sites excluding steroid dienone is 3. The molecule has 1 unspecified atom stereocenters. The van der Waals surface area contributed by atoms with E-state index >= 15 is 0 Å². The van der Waals surface area contributed by atoms with E-state index in [4.69, 9.17) is 0 Å². The lowest BCUT2D eigenvalue weighted by molar-refractivity contribution is -0.120. The highest BCUT2D eigenvalue weighted by Crippen LogP contribution is 2.33. The van der Waals surface area contributed by atoms with Gasteiger partial charge in [0, 0.05) is 5.92 Å². The van der Waals surface area contributed by atoms with Crippen LogP contribution in [-0.4, -0.2) is 5.78 Å². The van der Waals surface area contributed by atoms with Gasteiger partial charge in [0.05, 0.1) is 0 Å². The minimum absolute atomic E-state index is 0.198. The predicted octanol–water partition coefficient (Wildman–Crippen LogP) is 2.88. The Morgan fingerprint density at radius 2 is 2.25 bits per heavy atom. The van der Waals surface area contributed by atoms with Crippen LogP contribution in [0.2, 0.25) is 0 Å². The van der Waals surface area contributed by atoms with Crippen molar-refractivity contribution in [1.29, 1.82) is 0 Å². The van der Waals surface area contributed by atoms with Crippen LogP contribution in [0.3, 0.4) is 0 Å². The zero-order valence-corrected chi connectivity index (χ0v) is 7.89. The standard InChI is InChI=1S/C11H16O/c1-4-5-6-7-10-8(2)9(3)11(10)12/h4,9H,1,5-7H2,2-3H3. The molecule has 0 heterocycles. The predicted molar refractivity (Wildman–Crippen MR) is 50.9 cm³/mol. The maximum absolute atomic E-state index is 11.3. The van der Waals surface area contributed by atoms with Gasteiger partial charge in [-0.2, -0.15) is 0 Å². The number of hydrogen-bond donors (Lipinski definition) is 0. The number of Topliss-reactive ketones (excluding diaryl/α,β-unsaturated/α-hetero) is 1. The van der Waals surface area contributed by atoms with Crippen molar-refractivity contribution in [3.63, 3.8) is 0 Å². The Bertz CT molecular complexity index is 235. The lowest BCUT2D eigenvalue weighted by Gasteiger charge is -2.26. The van der Waals surface area contributed by atoms with Crippen LogP contribution in [0.4, 0.5) is 0 Å². The highest BCUT2D eigenvalue weighted by molar-refractivity contribution is 6.06. The van der Waals surface area contributed by atoms with Gasteiger partial charge < -0.3 is 0 Å². The van der Waals surface area contributed by atoms with Crippen molar-refractivity contribution in [2.24, 2.45) is 5.92 Å². The number of carbonyl (C=O) groups is 1. The molecular weight excluding hydrogens is 148 g/mol. The minimum Gasteiger partial charge on any atom is -0.294 e. The number of unbranched alkanes of at least 4 members (excludes halogenated alkanes) is 1. The summed E-state index contributed by atoms with van der Waals surface area (Å²) in [5.74, 6) is 0.556. The van der Waals surface area contributed by atoms with Crippen molar-refractivity contribution in [1.82, 2.24) is 0 Å². The first-order valence-electron chi connectivity index (χ1n) is 4.53. The second kappa shape index (κ2) is 3.70. The summed E-state index contributed by atoms with van der Waals surface area (Å²) in [5.41, 5.74) is 2.37. The normalized spacial score (nSPS) is 22.5. The number of hydrogen-bond acceptors (Lipinski definition) is 1. The van der Waals surface area contributed by atoms with Gasteiger partial charge >= 0.3 is 0 Å². The molecule has 0 saturated heterocycles. The summed E-state index contributed by atoms with van der Waals surface area (Å²) in [6.45, 7) is 7.70. The fourth-order valence-corrected chi connectivity index (χ4v) is 1.58. The number of carbonyl (C=O) groups excluding carboxylic acids is 1. The molecule has 1 aliphatic rings. The molecule has 1 aliphatic carbocycles. The Morgan fingerprint density at radius 1 is 1.58 bits per heavy atom. The van der Waals surface area contributed by atoms with E-state index in [2.05, 4.69) is 13.5 Å². The van der Waals surface area contributed by atoms with Crippen LogP contribution >= 0.6 is 0 Å². The van der Waals surface area contributed by atoms with E-state index in [-0.39, 0.29) is 5.92 Å². The van der Waals surface area contributed by atoms with Gasteiger partial charge in [0.25, 0.3) is 0 Å².